The average Bonchev–Trinajstić information content (AvgIpc) is 3.24. The summed E-state index contributed by atoms with van der Waals surface area (Å²) in [5.74, 6) is -7.78. The predicted octanol–water partition coefficient (Wildman–Crippen LogP) is -0.621. The minimum Gasteiger partial charge on any atom is -0.507 e. The summed E-state index contributed by atoms with van der Waals surface area (Å²) in [7, 11) is 1.27. The van der Waals surface area contributed by atoms with Crippen LogP contribution in [0.2, 0.25) is 0 Å². The molecule has 3 aromatic carbocycles. The van der Waals surface area contributed by atoms with E-state index in [0.717, 1.165) is 12.1 Å². The van der Waals surface area contributed by atoms with Gasteiger partial charge < -0.3 is 79.7 Å². The Kier molecular flexibility index (Phi) is 12.5. The summed E-state index contributed by atoms with van der Waals surface area (Å²) >= 11 is 0. The lowest BCUT2D eigenvalue weighted by molar-refractivity contribution is -0.271. The summed E-state index contributed by atoms with van der Waals surface area (Å²) in [6.45, 7) is -0.273. The van der Waals surface area contributed by atoms with Gasteiger partial charge in [0.15, 0.2) is 35.5 Å². The van der Waals surface area contributed by atoms with Crippen molar-refractivity contribution in [3.05, 3.63) is 81.2 Å². The SMILES string of the molecule is COc1cccc2c1C(=O)c1c(O)c3c(c(O)c1C2=O)C[C@@](O)(C(=O)CO)C[C@@H]3O[C@H]1C[C@H](NC(=O)OCc2ccc(O[C@@H]3O[C@H](C(=O)O)[C@@H](O)[C@H](O)[C@H]3O)c(F)c2)[C@H](O)[C@H](C)O1. The minimum absolute atomic E-state index is 0.00863. The number of ketones is 3. The minimum atomic E-state index is -2.43. The summed E-state index contributed by atoms with van der Waals surface area (Å²) in [6, 6.07) is 6.16. The molecule has 63 heavy (non-hydrogen) atoms. The van der Waals surface area contributed by atoms with E-state index in [1.807, 2.05) is 0 Å². The quantitative estimate of drug-likeness (QED) is 0.0839. The maximum atomic E-state index is 15.0. The van der Waals surface area contributed by atoms with Crippen LogP contribution in [0.4, 0.5) is 9.18 Å². The maximum Gasteiger partial charge on any atom is 0.407 e. The Morgan fingerprint density at radius 2 is 1.63 bits per heavy atom. The van der Waals surface area contributed by atoms with Crippen molar-refractivity contribution >= 4 is 29.4 Å². The van der Waals surface area contributed by atoms with Gasteiger partial charge in [0.25, 0.3) is 0 Å². The van der Waals surface area contributed by atoms with Crippen LogP contribution >= 0.6 is 0 Å². The van der Waals surface area contributed by atoms with Crippen LogP contribution in [0.15, 0.2) is 36.4 Å². The molecule has 338 valence electrons. The van der Waals surface area contributed by atoms with Crippen LogP contribution < -0.4 is 14.8 Å². The number of aliphatic carboxylic acids is 1. The average molecular weight is 888 g/mol. The second kappa shape index (κ2) is 17.4. The number of halogens is 1. The lowest BCUT2D eigenvalue weighted by Crippen LogP contribution is -2.61. The van der Waals surface area contributed by atoms with Crippen LogP contribution in [0.25, 0.3) is 0 Å². The normalized spacial score (nSPS) is 30.0. The highest BCUT2D eigenvalue weighted by Gasteiger charge is 2.51. The van der Waals surface area contributed by atoms with Crippen molar-refractivity contribution in [1.82, 2.24) is 5.32 Å². The van der Waals surface area contributed by atoms with Crippen LogP contribution in [-0.2, 0) is 41.6 Å². The molecule has 2 saturated heterocycles. The molecule has 11 atom stereocenters. The number of aliphatic hydroxyl groups is 6. The monoisotopic (exact) mass is 887 g/mol. The van der Waals surface area contributed by atoms with Gasteiger partial charge in [-0.1, -0.05) is 18.2 Å². The standard InChI is InChI=1S/C41H42FNO20/c1-14-29(46)19(43-40(56)59-13-15-6-7-20(18(42)8-15)62-39-36(53)34(51)35(52)37(63-39)38(54)55)9-24(60-14)61-22-11-41(57,23(45)12-44)10-17-26(22)33(50)28-27(31(17)48)30(47)16-4-3-5-21(58-2)25(16)32(28)49/h3-8,14,19,22,24,29,34-37,39,44,46,48,50-53,57H,9-13H2,1-2H3,(H,43,56)(H,54,55)/t14-,19-,22-,24-,29+,34-,35-,36+,37-,39+,41-/m0/s1. The first-order valence-corrected chi connectivity index (χ1v) is 19.3. The number of fused-ring (bicyclic) bond motifs is 3. The molecule has 2 aliphatic carbocycles. The number of nitrogens with one attached hydrogen (secondary N) is 1. The molecule has 2 heterocycles. The lowest BCUT2D eigenvalue weighted by Gasteiger charge is -2.42. The van der Waals surface area contributed by atoms with E-state index in [-0.39, 0.29) is 40.0 Å². The predicted molar refractivity (Wildman–Crippen MR) is 202 cm³/mol. The Hall–Kier alpha value is -5.82. The molecule has 21 nitrogen and oxygen atoms in total. The number of carboxylic acids is 1. The summed E-state index contributed by atoms with van der Waals surface area (Å²) in [5.41, 5.74) is -4.49. The molecule has 2 aliphatic heterocycles. The number of aliphatic hydroxyl groups excluding tert-OH is 5. The Bertz CT molecular complexity index is 2360. The molecule has 1 amide bonds. The number of carboxylic acid groups (broad SMARTS) is 1. The number of Topliss-reactive ketones (excluding diaryl/α,β-unsaturated/α-hetero) is 1. The largest absolute Gasteiger partial charge is 0.507 e. The zero-order valence-corrected chi connectivity index (χ0v) is 33.2. The van der Waals surface area contributed by atoms with Crippen molar-refractivity contribution in [2.45, 2.75) is 99.7 Å². The summed E-state index contributed by atoms with van der Waals surface area (Å²) in [4.78, 5) is 65.0. The zero-order chi connectivity index (χ0) is 45.8. The third kappa shape index (κ3) is 8.16. The van der Waals surface area contributed by atoms with Crippen LogP contribution in [0.3, 0.4) is 0 Å². The molecule has 7 rings (SSSR count). The fraction of sp³-hybridized carbons (Fsp3) is 0.439. The Morgan fingerprint density at radius 1 is 0.921 bits per heavy atom. The smallest absolute Gasteiger partial charge is 0.407 e. The second-order valence-corrected chi connectivity index (χ2v) is 15.4. The van der Waals surface area contributed by atoms with Gasteiger partial charge in [-0.25, -0.2) is 14.0 Å². The number of hydrogen-bond acceptors (Lipinski definition) is 19. The van der Waals surface area contributed by atoms with Crippen molar-refractivity contribution in [1.29, 1.82) is 0 Å². The maximum absolute atomic E-state index is 15.0. The van der Waals surface area contributed by atoms with E-state index in [1.165, 1.54) is 38.3 Å². The lowest BCUT2D eigenvalue weighted by atomic mass is 9.72. The highest BCUT2D eigenvalue weighted by atomic mass is 19.1. The molecule has 4 aliphatic rings. The number of methoxy groups -OCH3 is 1. The number of carbonyl (C=O) groups excluding carboxylic acids is 4. The molecular formula is C41H42FNO20. The number of hydrogen-bond donors (Lipinski definition) is 10. The van der Waals surface area contributed by atoms with Gasteiger partial charge in [0.05, 0.1) is 42.0 Å². The van der Waals surface area contributed by atoms with E-state index >= 15 is 4.39 Å². The molecule has 0 bridgehead atoms. The van der Waals surface area contributed by atoms with Crippen LogP contribution in [-0.4, -0.2) is 150 Å². The molecule has 0 saturated carbocycles. The van der Waals surface area contributed by atoms with Gasteiger partial charge in [0.2, 0.25) is 12.1 Å². The number of amides is 1. The number of phenols is 2. The number of ether oxygens (including phenoxy) is 6. The van der Waals surface area contributed by atoms with Crippen molar-refractivity contribution in [2.24, 2.45) is 0 Å². The van der Waals surface area contributed by atoms with Gasteiger partial charge in [0, 0.05) is 36.0 Å². The second-order valence-electron chi connectivity index (χ2n) is 15.4. The molecule has 3 aromatic rings. The molecular weight excluding hydrogens is 845 g/mol. The molecule has 0 unspecified atom stereocenters. The van der Waals surface area contributed by atoms with Crippen molar-refractivity contribution in [3.8, 4) is 23.0 Å². The number of carbonyl (C=O) groups is 5. The Labute approximate surface area is 354 Å². The number of aromatic hydroxyl groups is 2. The molecule has 22 heteroatoms. The van der Waals surface area contributed by atoms with E-state index < -0.39 is 157 Å². The van der Waals surface area contributed by atoms with Gasteiger partial charge in [-0.15, -0.1) is 0 Å². The van der Waals surface area contributed by atoms with Crippen molar-refractivity contribution in [2.75, 3.05) is 13.7 Å². The van der Waals surface area contributed by atoms with Crippen LogP contribution in [0.5, 0.6) is 23.0 Å². The molecule has 0 aromatic heterocycles. The fourth-order valence-corrected chi connectivity index (χ4v) is 8.20. The van der Waals surface area contributed by atoms with Crippen molar-refractivity contribution < 1.29 is 103 Å². The molecule has 0 radical (unpaired) electrons. The number of phenolic OH excluding ortho intramolecular Hbond substituents is 2. The van der Waals surface area contributed by atoms with Crippen LogP contribution in [0, 0.1) is 5.82 Å². The third-order valence-corrected chi connectivity index (χ3v) is 11.5. The van der Waals surface area contributed by atoms with E-state index in [1.54, 1.807) is 0 Å². The molecule has 2 fully saturated rings. The fourth-order valence-electron chi connectivity index (χ4n) is 8.20. The Morgan fingerprint density at radius 3 is 2.30 bits per heavy atom. The highest BCUT2D eigenvalue weighted by molar-refractivity contribution is 6.31. The van der Waals surface area contributed by atoms with E-state index in [4.69, 9.17) is 28.4 Å². The summed E-state index contributed by atoms with van der Waals surface area (Å²) in [5, 5.41) is 97.4. The third-order valence-electron chi connectivity index (χ3n) is 11.5. The highest BCUT2D eigenvalue weighted by Crippen LogP contribution is 2.52. The number of rotatable bonds is 11. The van der Waals surface area contributed by atoms with Gasteiger partial charge in [-0.2, -0.15) is 0 Å². The first kappa shape index (κ1) is 45.2. The van der Waals surface area contributed by atoms with Crippen molar-refractivity contribution in [3.63, 3.8) is 0 Å². The van der Waals surface area contributed by atoms with E-state index in [0.29, 0.717) is 0 Å². The van der Waals surface area contributed by atoms with Crippen LogP contribution in [0.1, 0.15) is 74.4 Å². The Balaban J connectivity index is 1.07. The van der Waals surface area contributed by atoms with E-state index in [2.05, 4.69) is 5.32 Å². The molecule has 0 spiro atoms. The van der Waals surface area contributed by atoms with Gasteiger partial charge >= 0.3 is 12.1 Å². The number of alkyl carbamates (subject to hydrolysis) is 1. The van der Waals surface area contributed by atoms with Gasteiger partial charge in [-0.3, -0.25) is 14.4 Å². The first-order chi connectivity index (χ1) is 29.8. The zero-order valence-electron chi connectivity index (χ0n) is 33.2. The topological polar surface area (TPSA) is 335 Å². The molecule has 10 N–H and O–H groups in total. The summed E-state index contributed by atoms with van der Waals surface area (Å²) in [6.07, 6.45) is -18.1. The number of benzene rings is 3. The van der Waals surface area contributed by atoms with E-state index in [9.17, 15) is 69.9 Å². The summed E-state index contributed by atoms with van der Waals surface area (Å²) < 4.78 is 47.8. The van der Waals surface area contributed by atoms with Gasteiger partial charge in [0.1, 0.15) is 60.5 Å². The first-order valence-electron chi connectivity index (χ1n) is 19.3. The van der Waals surface area contributed by atoms with Gasteiger partial charge in [-0.05, 0) is 30.7 Å².